The molecule has 1 aromatic heterocycles. The van der Waals surface area contributed by atoms with E-state index in [4.69, 9.17) is 16.3 Å². The zero-order chi connectivity index (χ0) is 16.2. The average Bonchev–Trinajstić information content (AvgIpc) is 2.83. The van der Waals surface area contributed by atoms with Gasteiger partial charge in [-0.05, 0) is 33.3 Å². The highest BCUT2D eigenvalue weighted by molar-refractivity contribution is 7.10. The van der Waals surface area contributed by atoms with Gasteiger partial charge in [-0.3, -0.25) is 0 Å². The number of nitrogens with one attached hydrogen (secondary N) is 1. The summed E-state index contributed by atoms with van der Waals surface area (Å²) in [5.41, 5.74) is 0.896. The highest BCUT2D eigenvalue weighted by atomic mass is 35.5. The molecule has 0 radical (unpaired) electrons. The van der Waals surface area contributed by atoms with E-state index in [1.807, 2.05) is 32.2 Å². The van der Waals surface area contributed by atoms with E-state index in [1.54, 1.807) is 16.2 Å². The lowest BCUT2D eigenvalue weighted by Gasteiger charge is -2.29. The van der Waals surface area contributed by atoms with Crippen molar-refractivity contribution >= 4 is 29.0 Å². The molecule has 0 bridgehead atoms. The van der Waals surface area contributed by atoms with Crippen molar-refractivity contribution in [2.75, 3.05) is 19.6 Å². The Morgan fingerprint density at radius 1 is 1.45 bits per heavy atom. The second-order valence-corrected chi connectivity index (χ2v) is 7.81. The van der Waals surface area contributed by atoms with Gasteiger partial charge < -0.3 is 15.0 Å². The Balaban J connectivity index is 1.73. The van der Waals surface area contributed by atoms with Crippen molar-refractivity contribution in [2.45, 2.75) is 39.3 Å². The van der Waals surface area contributed by atoms with Crippen LogP contribution in [-0.2, 0) is 11.3 Å². The molecule has 1 N–H and O–H groups in total. The zero-order valence-corrected chi connectivity index (χ0v) is 14.9. The number of hydrogen-bond acceptors (Lipinski definition) is 4. The van der Waals surface area contributed by atoms with Gasteiger partial charge in [0.1, 0.15) is 5.60 Å². The van der Waals surface area contributed by atoms with Gasteiger partial charge in [0.2, 0.25) is 0 Å². The van der Waals surface area contributed by atoms with E-state index in [-0.39, 0.29) is 6.09 Å². The van der Waals surface area contributed by atoms with Crippen molar-refractivity contribution in [1.82, 2.24) is 10.2 Å². The molecule has 0 unspecified atom stereocenters. The molecule has 0 aliphatic carbocycles. The first-order valence-electron chi connectivity index (χ1n) is 7.43. The largest absolute Gasteiger partial charge is 0.444 e. The summed E-state index contributed by atoms with van der Waals surface area (Å²) in [6.07, 6.45) is 2.77. The van der Waals surface area contributed by atoms with Crippen molar-refractivity contribution in [3.8, 4) is 0 Å². The molecule has 0 spiro atoms. The molecule has 0 aromatic carbocycles. The molecule has 0 saturated heterocycles. The van der Waals surface area contributed by atoms with Crippen LogP contribution in [0.25, 0.3) is 0 Å². The monoisotopic (exact) mass is 342 g/mol. The van der Waals surface area contributed by atoms with Gasteiger partial charge in [0.05, 0.1) is 5.02 Å². The number of rotatable bonds is 4. The fourth-order valence-corrected chi connectivity index (χ4v) is 3.20. The van der Waals surface area contributed by atoms with E-state index >= 15 is 0 Å². The van der Waals surface area contributed by atoms with Crippen LogP contribution in [0.3, 0.4) is 0 Å². The Morgan fingerprint density at radius 3 is 2.77 bits per heavy atom. The summed E-state index contributed by atoms with van der Waals surface area (Å²) in [5, 5.41) is 6.16. The average molecular weight is 343 g/mol. The number of carbonyl (C=O) groups excluding carboxylic acids is 1. The van der Waals surface area contributed by atoms with Gasteiger partial charge in [-0.25, -0.2) is 4.79 Å². The third-order valence-corrected chi connectivity index (χ3v) is 4.51. The van der Waals surface area contributed by atoms with Crippen LogP contribution in [0.15, 0.2) is 23.1 Å². The minimum Gasteiger partial charge on any atom is -0.444 e. The van der Waals surface area contributed by atoms with E-state index in [1.165, 1.54) is 10.5 Å². The van der Waals surface area contributed by atoms with E-state index < -0.39 is 5.60 Å². The summed E-state index contributed by atoms with van der Waals surface area (Å²) < 4.78 is 5.38. The fourth-order valence-electron chi connectivity index (χ4n) is 2.16. The highest BCUT2D eigenvalue weighted by Gasteiger charge is 2.23. The third-order valence-electron chi connectivity index (χ3n) is 3.23. The molecular formula is C16H23ClN2O2S. The van der Waals surface area contributed by atoms with Crippen LogP contribution in [-0.4, -0.2) is 36.2 Å². The van der Waals surface area contributed by atoms with Gasteiger partial charge in [-0.1, -0.05) is 23.3 Å². The number of ether oxygens (including phenoxy) is 1. The Morgan fingerprint density at radius 2 is 2.23 bits per heavy atom. The molecule has 0 saturated carbocycles. The first-order chi connectivity index (χ1) is 10.3. The minimum absolute atomic E-state index is 0.232. The lowest BCUT2D eigenvalue weighted by Crippen LogP contribution is -2.39. The van der Waals surface area contributed by atoms with E-state index in [2.05, 4.69) is 11.4 Å². The predicted octanol–water partition coefficient (Wildman–Crippen LogP) is 4.06. The second-order valence-electron chi connectivity index (χ2n) is 6.37. The molecular weight excluding hydrogens is 320 g/mol. The summed E-state index contributed by atoms with van der Waals surface area (Å²) in [7, 11) is 0. The van der Waals surface area contributed by atoms with E-state index in [9.17, 15) is 4.79 Å². The molecule has 6 heteroatoms. The number of nitrogens with zero attached hydrogens (tertiary/aromatic N) is 1. The lowest BCUT2D eigenvalue weighted by atomic mass is 10.1. The topological polar surface area (TPSA) is 41.6 Å². The summed E-state index contributed by atoms with van der Waals surface area (Å²) in [5.74, 6) is 0. The van der Waals surface area contributed by atoms with Crippen molar-refractivity contribution in [2.24, 2.45) is 0 Å². The van der Waals surface area contributed by atoms with Crippen LogP contribution in [0.1, 0.15) is 32.1 Å². The van der Waals surface area contributed by atoms with Crippen LogP contribution in [0.5, 0.6) is 0 Å². The molecule has 122 valence electrons. The SMILES string of the molecule is CC(C)(C)OC(=O)N1CC=C(CNCc2cc(Cl)cs2)CC1. The smallest absolute Gasteiger partial charge is 0.410 e. The van der Waals surface area contributed by atoms with Crippen molar-refractivity contribution in [3.05, 3.63) is 33.0 Å². The molecule has 0 atom stereocenters. The van der Waals surface area contributed by atoms with Gasteiger partial charge in [-0.2, -0.15) is 0 Å². The molecule has 2 rings (SSSR count). The quantitative estimate of drug-likeness (QED) is 0.839. The van der Waals surface area contributed by atoms with Crippen LogP contribution < -0.4 is 5.32 Å². The third kappa shape index (κ3) is 5.63. The number of amides is 1. The Kier molecular flexibility index (Phi) is 5.89. The second kappa shape index (κ2) is 7.49. The first kappa shape index (κ1) is 17.3. The molecule has 22 heavy (non-hydrogen) atoms. The fraction of sp³-hybridized carbons (Fsp3) is 0.562. The van der Waals surface area contributed by atoms with E-state index in [0.29, 0.717) is 13.1 Å². The maximum absolute atomic E-state index is 12.0. The number of hydrogen-bond donors (Lipinski definition) is 1. The summed E-state index contributed by atoms with van der Waals surface area (Å²) >= 11 is 7.56. The maximum Gasteiger partial charge on any atom is 0.410 e. The van der Waals surface area contributed by atoms with Gasteiger partial charge in [-0.15, -0.1) is 11.3 Å². The predicted molar refractivity (Wildman–Crippen MR) is 91.5 cm³/mol. The van der Waals surface area contributed by atoms with Gasteiger partial charge in [0, 0.05) is 36.4 Å². The molecule has 1 amide bonds. The summed E-state index contributed by atoms with van der Waals surface area (Å²) in [4.78, 5) is 14.9. The molecule has 1 aliphatic heterocycles. The van der Waals surface area contributed by atoms with Crippen molar-refractivity contribution in [3.63, 3.8) is 0 Å². The first-order valence-corrected chi connectivity index (χ1v) is 8.69. The summed E-state index contributed by atoms with van der Waals surface area (Å²) in [6.45, 7) is 8.66. The Hall–Kier alpha value is -1.04. The lowest BCUT2D eigenvalue weighted by molar-refractivity contribution is 0.0265. The maximum atomic E-state index is 12.0. The number of halogens is 1. The van der Waals surface area contributed by atoms with Gasteiger partial charge in [0.25, 0.3) is 0 Å². The van der Waals surface area contributed by atoms with Crippen LogP contribution in [0.4, 0.5) is 4.79 Å². The normalized spacial score (nSPS) is 15.6. The van der Waals surface area contributed by atoms with Gasteiger partial charge >= 0.3 is 6.09 Å². The minimum atomic E-state index is -0.440. The Labute approximate surface area is 141 Å². The molecule has 1 aliphatic rings. The van der Waals surface area contributed by atoms with Crippen molar-refractivity contribution < 1.29 is 9.53 Å². The summed E-state index contributed by atoms with van der Waals surface area (Å²) in [6, 6.07) is 1.98. The molecule has 2 heterocycles. The van der Waals surface area contributed by atoms with Crippen molar-refractivity contribution in [1.29, 1.82) is 0 Å². The van der Waals surface area contributed by atoms with Crippen LogP contribution in [0, 0.1) is 0 Å². The number of thiophene rings is 1. The molecule has 0 fully saturated rings. The van der Waals surface area contributed by atoms with E-state index in [0.717, 1.165) is 24.5 Å². The van der Waals surface area contributed by atoms with Gasteiger partial charge in [0.15, 0.2) is 0 Å². The van der Waals surface area contributed by atoms with Crippen LogP contribution >= 0.6 is 22.9 Å². The number of carbonyl (C=O) groups is 1. The standard InChI is InChI=1S/C16H23ClN2O2S/c1-16(2,3)21-15(20)19-6-4-12(5-7-19)9-18-10-14-8-13(17)11-22-14/h4,8,11,18H,5-7,9-10H2,1-3H3. The zero-order valence-electron chi connectivity index (χ0n) is 13.3. The Bertz CT molecular complexity index is 549. The molecule has 4 nitrogen and oxygen atoms in total. The highest BCUT2D eigenvalue weighted by Crippen LogP contribution is 2.19. The van der Waals surface area contributed by atoms with Crippen LogP contribution in [0.2, 0.25) is 5.02 Å². The molecule has 1 aromatic rings.